The predicted octanol–water partition coefficient (Wildman–Crippen LogP) is 2.13. The molecule has 0 amide bonds. The van der Waals surface area contributed by atoms with Gasteiger partial charge in [0.15, 0.2) is 0 Å². The molecular formula is C9H8ClN3O. The van der Waals surface area contributed by atoms with Crippen molar-refractivity contribution in [3.05, 3.63) is 29.7 Å². The zero-order valence-electron chi connectivity index (χ0n) is 7.49. The number of nitrogens with one attached hydrogen (secondary N) is 1. The van der Waals surface area contributed by atoms with Crippen LogP contribution in [-0.4, -0.2) is 22.3 Å². The lowest BCUT2D eigenvalue weighted by atomic mass is 10.1. The molecule has 14 heavy (non-hydrogen) atoms. The van der Waals surface area contributed by atoms with Gasteiger partial charge in [0.05, 0.1) is 13.3 Å². The van der Waals surface area contributed by atoms with Crippen molar-refractivity contribution >= 4 is 11.6 Å². The lowest BCUT2D eigenvalue weighted by molar-refractivity contribution is 0.400. The molecule has 0 atom stereocenters. The van der Waals surface area contributed by atoms with E-state index in [-0.39, 0.29) is 0 Å². The highest BCUT2D eigenvalue weighted by Crippen LogP contribution is 2.28. The Bertz CT molecular complexity index is 428. The number of ether oxygens (including phenoxy) is 1. The Kier molecular flexibility index (Phi) is 2.37. The van der Waals surface area contributed by atoms with E-state index in [1.807, 2.05) is 6.07 Å². The number of halogens is 1. The predicted molar refractivity (Wildman–Crippen MR) is 53.4 cm³/mol. The second-order valence-electron chi connectivity index (χ2n) is 2.68. The summed E-state index contributed by atoms with van der Waals surface area (Å²) in [6, 6.07) is 3.56. The van der Waals surface area contributed by atoms with Crippen molar-refractivity contribution in [3.63, 3.8) is 0 Å². The Morgan fingerprint density at radius 2 is 2.29 bits per heavy atom. The third-order valence-electron chi connectivity index (χ3n) is 1.83. The zero-order valence-corrected chi connectivity index (χ0v) is 8.25. The molecule has 0 radical (unpaired) electrons. The number of aromatic nitrogens is 3. The van der Waals surface area contributed by atoms with Gasteiger partial charge in [-0.15, -0.1) is 0 Å². The van der Waals surface area contributed by atoms with E-state index >= 15 is 0 Å². The van der Waals surface area contributed by atoms with Gasteiger partial charge >= 0.3 is 0 Å². The minimum atomic E-state index is 0.411. The van der Waals surface area contributed by atoms with Gasteiger partial charge in [0, 0.05) is 17.3 Å². The minimum Gasteiger partial charge on any atom is -0.481 e. The average molecular weight is 210 g/mol. The lowest BCUT2D eigenvalue weighted by Gasteiger charge is -2.04. The highest BCUT2D eigenvalue weighted by Gasteiger charge is 2.08. The van der Waals surface area contributed by atoms with E-state index < -0.39 is 0 Å². The Morgan fingerprint density at radius 1 is 1.43 bits per heavy atom. The fourth-order valence-electron chi connectivity index (χ4n) is 1.19. The molecule has 0 spiro atoms. The van der Waals surface area contributed by atoms with Crippen molar-refractivity contribution in [3.8, 4) is 17.0 Å². The molecule has 2 aromatic heterocycles. The first-order valence-electron chi connectivity index (χ1n) is 4.01. The Morgan fingerprint density at radius 3 is 2.93 bits per heavy atom. The third kappa shape index (κ3) is 1.56. The van der Waals surface area contributed by atoms with Crippen LogP contribution in [-0.2, 0) is 0 Å². The number of hydrogen-bond acceptors (Lipinski definition) is 3. The maximum absolute atomic E-state index is 5.74. The van der Waals surface area contributed by atoms with E-state index in [0.29, 0.717) is 11.0 Å². The van der Waals surface area contributed by atoms with Crippen LogP contribution in [0.25, 0.3) is 11.1 Å². The number of H-pyrrole nitrogens is 1. The Balaban J connectivity index is 2.53. The highest BCUT2D eigenvalue weighted by molar-refractivity contribution is 6.29. The topological polar surface area (TPSA) is 50.8 Å². The van der Waals surface area contributed by atoms with Crippen LogP contribution in [0.4, 0.5) is 0 Å². The molecule has 2 heterocycles. The first kappa shape index (κ1) is 9.02. The van der Waals surface area contributed by atoms with Gasteiger partial charge in [-0.2, -0.15) is 5.10 Å². The molecular weight excluding hydrogens is 202 g/mol. The third-order valence-corrected chi connectivity index (χ3v) is 2.04. The van der Waals surface area contributed by atoms with Gasteiger partial charge in [0.25, 0.3) is 0 Å². The zero-order chi connectivity index (χ0) is 9.97. The molecule has 0 saturated carbocycles. The highest BCUT2D eigenvalue weighted by atomic mass is 35.5. The van der Waals surface area contributed by atoms with E-state index in [0.717, 1.165) is 11.1 Å². The van der Waals surface area contributed by atoms with Gasteiger partial charge in [-0.05, 0) is 12.1 Å². The van der Waals surface area contributed by atoms with E-state index in [2.05, 4.69) is 15.2 Å². The van der Waals surface area contributed by atoms with E-state index in [1.165, 1.54) is 0 Å². The molecule has 5 heteroatoms. The number of aromatic amines is 1. The molecule has 0 aromatic carbocycles. The standard InChI is InChI=1S/C9H8ClN3O/c1-14-9-7(2-3-8(10)13-9)6-4-11-12-5-6/h2-5H,1H3,(H,11,12). The summed E-state index contributed by atoms with van der Waals surface area (Å²) in [7, 11) is 1.56. The normalized spacial score (nSPS) is 10.1. The molecule has 0 aliphatic rings. The lowest BCUT2D eigenvalue weighted by Crippen LogP contribution is -1.90. The number of nitrogens with zero attached hydrogens (tertiary/aromatic N) is 2. The van der Waals surface area contributed by atoms with Crippen LogP contribution >= 0.6 is 11.6 Å². The maximum Gasteiger partial charge on any atom is 0.222 e. The van der Waals surface area contributed by atoms with Crippen molar-refractivity contribution in [1.82, 2.24) is 15.2 Å². The Hall–Kier alpha value is -1.55. The van der Waals surface area contributed by atoms with Crippen LogP contribution in [0.5, 0.6) is 5.88 Å². The van der Waals surface area contributed by atoms with E-state index in [4.69, 9.17) is 16.3 Å². The SMILES string of the molecule is COc1nc(Cl)ccc1-c1cn[nH]c1. The molecule has 72 valence electrons. The first-order valence-corrected chi connectivity index (χ1v) is 4.39. The first-order chi connectivity index (χ1) is 6.81. The second kappa shape index (κ2) is 3.67. The molecule has 0 aliphatic carbocycles. The molecule has 2 aromatic rings. The van der Waals surface area contributed by atoms with Gasteiger partial charge < -0.3 is 4.74 Å². The molecule has 1 N–H and O–H groups in total. The summed E-state index contributed by atoms with van der Waals surface area (Å²) in [5.41, 5.74) is 1.79. The van der Waals surface area contributed by atoms with Gasteiger partial charge in [0.2, 0.25) is 5.88 Å². The summed E-state index contributed by atoms with van der Waals surface area (Å²) in [5, 5.41) is 6.99. The fourth-order valence-corrected chi connectivity index (χ4v) is 1.33. The molecule has 0 aliphatic heterocycles. The van der Waals surface area contributed by atoms with Crippen molar-refractivity contribution in [2.24, 2.45) is 0 Å². The molecule has 4 nitrogen and oxygen atoms in total. The smallest absolute Gasteiger partial charge is 0.222 e. The summed E-state index contributed by atoms with van der Waals surface area (Å²) in [6.07, 6.45) is 3.47. The molecule has 2 rings (SSSR count). The molecule has 0 fully saturated rings. The molecule has 0 unspecified atom stereocenters. The summed E-state index contributed by atoms with van der Waals surface area (Å²) >= 11 is 5.74. The van der Waals surface area contributed by atoms with Crippen LogP contribution in [0.1, 0.15) is 0 Å². The molecule has 0 saturated heterocycles. The number of pyridine rings is 1. The van der Waals surface area contributed by atoms with Crippen molar-refractivity contribution in [2.45, 2.75) is 0 Å². The minimum absolute atomic E-state index is 0.411. The quantitative estimate of drug-likeness (QED) is 0.771. The number of rotatable bonds is 2. The second-order valence-corrected chi connectivity index (χ2v) is 3.07. The Labute approximate surface area is 85.9 Å². The van der Waals surface area contributed by atoms with E-state index in [1.54, 1.807) is 25.6 Å². The van der Waals surface area contributed by atoms with Gasteiger partial charge in [-0.25, -0.2) is 4.98 Å². The van der Waals surface area contributed by atoms with Crippen LogP contribution < -0.4 is 4.74 Å². The van der Waals surface area contributed by atoms with Crippen molar-refractivity contribution in [2.75, 3.05) is 7.11 Å². The van der Waals surface area contributed by atoms with Gasteiger partial charge in [-0.1, -0.05) is 11.6 Å². The maximum atomic E-state index is 5.74. The summed E-state index contributed by atoms with van der Waals surface area (Å²) < 4.78 is 5.11. The molecule has 0 bridgehead atoms. The van der Waals surface area contributed by atoms with Crippen LogP contribution in [0, 0.1) is 0 Å². The number of methoxy groups -OCH3 is 1. The van der Waals surface area contributed by atoms with Gasteiger partial charge in [0.1, 0.15) is 5.15 Å². The summed E-state index contributed by atoms with van der Waals surface area (Å²) in [4.78, 5) is 4.05. The van der Waals surface area contributed by atoms with E-state index in [9.17, 15) is 0 Å². The van der Waals surface area contributed by atoms with Crippen molar-refractivity contribution < 1.29 is 4.74 Å². The summed E-state index contributed by atoms with van der Waals surface area (Å²) in [5.74, 6) is 0.499. The van der Waals surface area contributed by atoms with Crippen LogP contribution in [0.2, 0.25) is 5.15 Å². The van der Waals surface area contributed by atoms with Crippen molar-refractivity contribution in [1.29, 1.82) is 0 Å². The van der Waals surface area contributed by atoms with Crippen LogP contribution in [0.3, 0.4) is 0 Å². The summed E-state index contributed by atoms with van der Waals surface area (Å²) in [6.45, 7) is 0. The average Bonchev–Trinajstić information content (AvgIpc) is 2.70. The largest absolute Gasteiger partial charge is 0.481 e. The van der Waals surface area contributed by atoms with Gasteiger partial charge in [-0.3, -0.25) is 5.10 Å². The fraction of sp³-hybridized carbons (Fsp3) is 0.111. The monoisotopic (exact) mass is 209 g/mol. The number of hydrogen-bond donors (Lipinski definition) is 1. The van der Waals surface area contributed by atoms with Crippen LogP contribution in [0.15, 0.2) is 24.5 Å².